The average Bonchev–Trinajstić information content (AvgIpc) is 3.39. The van der Waals surface area contributed by atoms with Gasteiger partial charge in [-0.2, -0.15) is 5.10 Å². The van der Waals surface area contributed by atoms with Gasteiger partial charge in [-0.25, -0.2) is 13.4 Å². The van der Waals surface area contributed by atoms with Gasteiger partial charge in [-0.3, -0.25) is 5.10 Å². The molecule has 3 aromatic rings. The monoisotopic (exact) mass is 429 g/mol. The van der Waals surface area contributed by atoms with Crippen LogP contribution in [-0.2, 0) is 9.84 Å². The maximum atomic E-state index is 12.8. The van der Waals surface area contributed by atoms with Crippen molar-refractivity contribution >= 4 is 27.3 Å². The highest BCUT2D eigenvalue weighted by molar-refractivity contribution is 7.91. The van der Waals surface area contributed by atoms with Crippen molar-refractivity contribution in [1.82, 2.24) is 15.2 Å². The van der Waals surface area contributed by atoms with E-state index in [1.807, 2.05) is 6.92 Å². The first-order valence-corrected chi connectivity index (χ1v) is 11.3. The minimum absolute atomic E-state index is 0.0463. The van der Waals surface area contributed by atoms with Crippen LogP contribution in [0.4, 0.5) is 17.5 Å². The van der Waals surface area contributed by atoms with Crippen LogP contribution in [-0.4, -0.2) is 41.9 Å². The quantitative estimate of drug-likeness (QED) is 0.488. The summed E-state index contributed by atoms with van der Waals surface area (Å²) < 4.78 is 25.6. The van der Waals surface area contributed by atoms with E-state index in [4.69, 9.17) is 5.11 Å². The molecular formula is C21H27N5O3S. The van der Waals surface area contributed by atoms with Gasteiger partial charge in [0.05, 0.1) is 15.9 Å². The Kier molecular flexibility index (Phi) is 7.07. The van der Waals surface area contributed by atoms with E-state index >= 15 is 0 Å². The molecule has 0 atom stereocenters. The fraction of sp³-hybridized carbons (Fsp3) is 0.333. The third-order valence-corrected chi connectivity index (χ3v) is 6.45. The van der Waals surface area contributed by atoms with Crippen LogP contribution in [0.15, 0.2) is 58.3 Å². The van der Waals surface area contributed by atoms with E-state index in [-0.39, 0.29) is 15.9 Å². The number of benzene rings is 1. The first-order valence-electron chi connectivity index (χ1n) is 9.85. The van der Waals surface area contributed by atoms with Gasteiger partial charge >= 0.3 is 0 Å². The molecule has 0 unspecified atom stereocenters. The fourth-order valence-corrected chi connectivity index (χ4v) is 4.43. The molecule has 4 N–H and O–H groups in total. The third-order valence-electron chi connectivity index (χ3n) is 4.71. The van der Waals surface area contributed by atoms with E-state index < -0.39 is 9.84 Å². The lowest BCUT2D eigenvalue weighted by atomic mass is 10.3. The largest absolute Gasteiger partial charge is 0.393 e. The Labute approximate surface area is 176 Å². The van der Waals surface area contributed by atoms with Gasteiger partial charge in [0.15, 0.2) is 5.82 Å². The summed E-state index contributed by atoms with van der Waals surface area (Å²) in [6.07, 6.45) is 4.60. The molecule has 160 valence electrons. The summed E-state index contributed by atoms with van der Waals surface area (Å²) in [4.78, 5) is 4.71. The molecule has 4 rings (SSSR count). The number of hydrogen-bond acceptors (Lipinski definition) is 7. The van der Waals surface area contributed by atoms with Crippen LogP contribution < -0.4 is 10.6 Å². The number of pyridine rings is 1. The minimum atomic E-state index is -3.63. The number of aromatic nitrogens is 3. The second kappa shape index (κ2) is 9.73. The summed E-state index contributed by atoms with van der Waals surface area (Å²) >= 11 is 0. The van der Waals surface area contributed by atoms with Crippen LogP contribution in [0.2, 0.25) is 0 Å². The van der Waals surface area contributed by atoms with E-state index in [0.717, 1.165) is 18.5 Å². The van der Waals surface area contributed by atoms with E-state index in [2.05, 4.69) is 25.8 Å². The number of aliphatic hydroxyl groups is 1. The number of rotatable bonds is 5. The molecule has 1 aliphatic carbocycles. The summed E-state index contributed by atoms with van der Waals surface area (Å²) in [6, 6.07) is 13.1. The van der Waals surface area contributed by atoms with Gasteiger partial charge in [0, 0.05) is 24.9 Å². The Morgan fingerprint density at radius 3 is 2.20 bits per heavy atom. The number of sulfone groups is 1. The number of hydrogen-bond donors (Lipinski definition) is 4. The number of nitrogens with one attached hydrogen (secondary N) is 3. The van der Waals surface area contributed by atoms with Crippen molar-refractivity contribution in [2.45, 2.75) is 48.5 Å². The summed E-state index contributed by atoms with van der Waals surface area (Å²) in [5.74, 6) is 1.40. The molecule has 1 saturated carbocycles. The van der Waals surface area contributed by atoms with Crippen molar-refractivity contribution < 1.29 is 13.5 Å². The number of anilines is 3. The normalized spacial score (nSPS) is 14.1. The van der Waals surface area contributed by atoms with Gasteiger partial charge in [-0.05, 0) is 38.0 Å². The first kappa shape index (κ1) is 21.8. The zero-order valence-electron chi connectivity index (χ0n) is 17.1. The summed E-state index contributed by atoms with van der Waals surface area (Å²) in [5, 5.41) is 21.5. The zero-order chi connectivity index (χ0) is 21.6. The van der Waals surface area contributed by atoms with E-state index in [0.29, 0.717) is 17.5 Å². The van der Waals surface area contributed by atoms with Crippen molar-refractivity contribution in [2.75, 3.05) is 17.7 Å². The van der Waals surface area contributed by atoms with Gasteiger partial charge in [0.25, 0.3) is 0 Å². The smallest absolute Gasteiger partial charge is 0.206 e. The molecule has 2 heterocycles. The lowest BCUT2D eigenvalue weighted by Gasteiger charge is -2.10. The highest BCUT2D eigenvalue weighted by atomic mass is 32.2. The molecule has 8 nitrogen and oxygen atoms in total. The summed E-state index contributed by atoms with van der Waals surface area (Å²) in [6.45, 7) is 1.88. The van der Waals surface area contributed by atoms with E-state index in [1.54, 1.807) is 43.4 Å². The number of aryl methyl sites for hydroxylation is 1. The summed E-state index contributed by atoms with van der Waals surface area (Å²) in [5.41, 5.74) is 0.888. The van der Waals surface area contributed by atoms with Crippen molar-refractivity contribution in [3.8, 4) is 0 Å². The van der Waals surface area contributed by atoms with Crippen LogP contribution in [0.25, 0.3) is 0 Å². The SMILES string of the molecule is CNc1cc(S(=O)(=O)c2ccccc2)cc(Nc2cc(C)[nH]n2)n1.OC1CCCC1. The first-order chi connectivity index (χ1) is 14.4. The predicted octanol–water partition coefficient (Wildman–Crippen LogP) is 3.65. The van der Waals surface area contributed by atoms with Crippen LogP contribution in [0, 0.1) is 6.92 Å². The fourth-order valence-electron chi connectivity index (χ4n) is 3.11. The third kappa shape index (κ3) is 5.58. The molecule has 30 heavy (non-hydrogen) atoms. The van der Waals surface area contributed by atoms with Crippen molar-refractivity contribution in [1.29, 1.82) is 0 Å². The minimum Gasteiger partial charge on any atom is -0.393 e. The van der Waals surface area contributed by atoms with Crippen molar-refractivity contribution in [3.63, 3.8) is 0 Å². The average molecular weight is 430 g/mol. The molecule has 2 aromatic heterocycles. The highest BCUT2D eigenvalue weighted by Gasteiger charge is 2.19. The van der Waals surface area contributed by atoms with Gasteiger partial charge in [0.2, 0.25) is 9.84 Å². The Hall–Kier alpha value is -2.91. The molecule has 1 aliphatic rings. The molecule has 0 spiro atoms. The Morgan fingerprint density at radius 1 is 1.00 bits per heavy atom. The molecule has 0 saturated heterocycles. The zero-order valence-corrected chi connectivity index (χ0v) is 17.9. The van der Waals surface area contributed by atoms with Gasteiger partial charge < -0.3 is 15.7 Å². The molecule has 1 fully saturated rings. The lowest BCUT2D eigenvalue weighted by Crippen LogP contribution is -2.06. The molecule has 9 heteroatoms. The second-order valence-corrected chi connectivity index (χ2v) is 9.09. The van der Waals surface area contributed by atoms with Crippen LogP contribution >= 0.6 is 0 Å². The molecule has 0 radical (unpaired) electrons. The predicted molar refractivity (Wildman–Crippen MR) is 117 cm³/mol. The molecular weight excluding hydrogens is 402 g/mol. The molecule has 1 aromatic carbocycles. The second-order valence-electron chi connectivity index (χ2n) is 7.14. The van der Waals surface area contributed by atoms with Crippen LogP contribution in [0.1, 0.15) is 31.4 Å². The molecule has 0 bridgehead atoms. The van der Waals surface area contributed by atoms with Crippen LogP contribution in [0.3, 0.4) is 0 Å². The Morgan fingerprint density at radius 2 is 1.67 bits per heavy atom. The molecule has 0 amide bonds. The van der Waals surface area contributed by atoms with Gasteiger partial charge in [-0.1, -0.05) is 31.0 Å². The number of H-pyrrole nitrogens is 1. The van der Waals surface area contributed by atoms with Crippen LogP contribution in [0.5, 0.6) is 0 Å². The topological polar surface area (TPSA) is 120 Å². The highest BCUT2D eigenvalue weighted by Crippen LogP contribution is 2.26. The number of aliphatic hydroxyl groups excluding tert-OH is 1. The van der Waals surface area contributed by atoms with E-state index in [1.165, 1.54) is 25.0 Å². The number of nitrogens with zero attached hydrogens (tertiary/aromatic N) is 2. The standard InChI is InChI=1S/C16H17N5O2S.C5H10O/c1-11-8-16(21-20-11)19-15-10-13(9-14(17-2)18-15)24(22,23)12-6-4-3-5-7-12;6-5-3-1-2-4-5/h3-10H,1-2H3,(H3,17,18,19,20,21);5-6H,1-4H2. The molecule has 0 aliphatic heterocycles. The van der Waals surface area contributed by atoms with Crippen molar-refractivity contribution in [3.05, 3.63) is 54.2 Å². The summed E-state index contributed by atoms with van der Waals surface area (Å²) in [7, 11) is -1.95. The maximum absolute atomic E-state index is 12.8. The maximum Gasteiger partial charge on any atom is 0.206 e. The van der Waals surface area contributed by atoms with Gasteiger partial charge in [-0.15, -0.1) is 0 Å². The lowest BCUT2D eigenvalue weighted by molar-refractivity contribution is 0.183. The number of aromatic amines is 1. The van der Waals surface area contributed by atoms with E-state index in [9.17, 15) is 8.42 Å². The Bertz CT molecular complexity index is 1060. The Balaban J connectivity index is 0.000000367. The van der Waals surface area contributed by atoms with Gasteiger partial charge in [0.1, 0.15) is 11.6 Å². The van der Waals surface area contributed by atoms with Crippen molar-refractivity contribution in [2.24, 2.45) is 0 Å².